The predicted molar refractivity (Wildman–Crippen MR) is 85.7 cm³/mol. The van der Waals surface area contributed by atoms with Crippen LogP contribution in [0.4, 0.5) is 0 Å². The third-order valence-electron chi connectivity index (χ3n) is 3.55. The standard InChI is InChI=1S/C14H22N2O3S.ClH/c1-3-19-13-7-4-8-14(10-13)20(17,18)16-9-5-6-12(11-16)15-2;/h4,7-8,10,12,15H,3,5-6,9,11H2,1-2H3;1H. The maximum atomic E-state index is 12.6. The normalized spacial score (nSPS) is 19.8. The van der Waals surface area contributed by atoms with Gasteiger partial charge in [-0.25, -0.2) is 8.42 Å². The van der Waals surface area contributed by atoms with Crippen molar-refractivity contribution in [1.29, 1.82) is 0 Å². The fourth-order valence-corrected chi connectivity index (χ4v) is 4.00. The van der Waals surface area contributed by atoms with Gasteiger partial charge in [0.25, 0.3) is 0 Å². The zero-order valence-electron chi connectivity index (χ0n) is 12.4. The molecule has 1 unspecified atom stereocenters. The van der Waals surface area contributed by atoms with Crippen molar-refractivity contribution in [3.05, 3.63) is 24.3 Å². The van der Waals surface area contributed by atoms with Crippen molar-refractivity contribution in [2.24, 2.45) is 0 Å². The maximum absolute atomic E-state index is 12.6. The summed E-state index contributed by atoms with van der Waals surface area (Å²) in [5.41, 5.74) is 0. The van der Waals surface area contributed by atoms with E-state index < -0.39 is 10.0 Å². The molecule has 2 rings (SSSR count). The van der Waals surface area contributed by atoms with E-state index in [2.05, 4.69) is 5.32 Å². The molecule has 5 nitrogen and oxygen atoms in total. The lowest BCUT2D eigenvalue weighted by Gasteiger charge is -2.31. The Hall–Kier alpha value is -0.820. The van der Waals surface area contributed by atoms with Crippen molar-refractivity contribution < 1.29 is 13.2 Å². The van der Waals surface area contributed by atoms with Crippen LogP contribution in [0.1, 0.15) is 19.8 Å². The van der Waals surface area contributed by atoms with Crippen molar-refractivity contribution in [3.8, 4) is 5.75 Å². The molecule has 1 saturated heterocycles. The first-order valence-electron chi connectivity index (χ1n) is 6.98. The number of ether oxygens (including phenoxy) is 1. The lowest BCUT2D eigenvalue weighted by atomic mass is 10.1. The molecule has 1 heterocycles. The summed E-state index contributed by atoms with van der Waals surface area (Å²) in [7, 11) is -1.56. The molecule has 21 heavy (non-hydrogen) atoms. The topological polar surface area (TPSA) is 58.6 Å². The third kappa shape index (κ3) is 4.32. The molecule has 1 aliphatic heterocycles. The van der Waals surface area contributed by atoms with Gasteiger partial charge in [0.15, 0.2) is 0 Å². The van der Waals surface area contributed by atoms with Crippen LogP contribution in [0.5, 0.6) is 5.75 Å². The van der Waals surface area contributed by atoms with E-state index in [-0.39, 0.29) is 18.4 Å². The molecule has 1 fully saturated rings. The molecule has 120 valence electrons. The van der Waals surface area contributed by atoms with Crippen molar-refractivity contribution in [1.82, 2.24) is 9.62 Å². The van der Waals surface area contributed by atoms with Crippen molar-refractivity contribution in [2.75, 3.05) is 26.7 Å². The van der Waals surface area contributed by atoms with E-state index >= 15 is 0 Å². The number of nitrogens with zero attached hydrogens (tertiary/aromatic N) is 1. The fourth-order valence-electron chi connectivity index (χ4n) is 2.44. The molecule has 7 heteroatoms. The number of likely N-dealkylation sites (N-methyl/N-ethyl adjacent to an activating group) is 1. The number of halogens is 1. The number of sulfonamides is 1. The van der Waals surface area contributed by atoms with Gasteiger partial charge in [-0.3, -0.25) is 0 Å². The van der Waals surface area contributed by atoms with E-state index in [0.717, 1.165) is 12.8 Å². The molecule has 1 aromatic carbocycles. The SMILES string of the molecule is CCOc1cccc(S(=O)(=O)N2CCCC(NC)C2)c1.Cl. The number of rotatable bonds is 5. The summed E-state index contributed by atoms with van der Waals surface area (Å²) in [6, 6.07) is 6.95. The predicted octanol–water partition coefficient (Wildman–Crippen LogP) is 1.88. The minimum Gasteiger partial charge on any atom is -0.494 e. The van der Waals surface area contributed by atoms with Gasteiger partial charge in [0.1, 0.15) is 5.75 Å². The van der Waals surface area contributed by atoms with Crippen molar-refractivity contribution in [3.63, 3.8) is 0 Å². The van der Waals surface area contributed by atoms with Gasteiger partial charge in [-0.1, -0.05) is 6.07 Å². The Morgan fingerprint density at radius 2 is 2.19 bits per heavy atom. The van der Waals surface area contributed by atoms with E-state index in [1.165, 1.54) is 0 Å². The summed E-state index contributed by atoms with van der Waals surface area (Å²) in [5.74, 6) is 0.593. The highest BCUT2D eigenvalue weighted by molar-refractivity contribution is 7.89. The fraction of sp³-hybridized carbons (Fsp3) is 0.571. The van der Waals surface area contributed by atoms with Gasteiger partial charge < -0.3 is 10.1 Å². The van der Waals surface area contributed by atoms with Crippen LogP contribution in [0.25, 0.3) is 0 Å². The summed E-state index contributed by atoms with van der Waals surface area (Å²) in [5, 5.41) is 3.16. The maximum Gasteiger partial charge on any atom is 0.243 e. The zero-order valence-corrected chi connectivity index (χ0v) is 14.0. The molecule has 1 aliphatic rings. The molecule has 0 aromatic heterocycles. The van der Waals surface area contributed by atoms with Gasteiger partial charge >= 0.3 is 0 Å². The summed E-state index contributed by atoms with van der Waals surface area (Å²) in [6.45, 7) is 3.51. The van der Waals surface area contributed by atoms with Crippen LogP contribution in [-0.2, 0) is 10.0 Å². The zero-order chi connectivity index (χ0) is 14.6. The van der Waals surface area contributed by atoms with E-state index in [1.54, 1.807) is 28.6 Å². The molecular weight excluding hydrogens is 312 g/mol. The molecule has 1 N–H and O–H groups in total. The van der Waals surface area contributed by atoms with Gasteiger partial charge in [0, 0.05) is 25.2 Å². The third-order valence-corrected chi connectivity index (χ3v) is 5.41. The van der Waals surface area contributed by atoms with E-state index in [9.17, 15) is 8.42 Å². The molecule has 1 atom stereocenters. The molecular formula is C14H23ClN2O3S. The number of nitrogens with one attached hydrogen (secondary N) is 1. The van der Waals surface area contributed by atoms with Gasteiger partial charge in [-0.2, -0.15) is 4.31 Å². The van der Waals surface area contributed by atoms with Gasteiger partial charge in [0.05, 0.1) is 11.5 Å². The molecule has 0 bridgehead atoms. The molecule has 0 amide bonds. The van der Waals surface area contributed by atoms with Crippen LogP contribution in [0.2, 0.25) is 0 Å². The smallest absolute Gasteiger partial charge is 0.243 e. The van der Waals surface area contributed by atoms with Crippen molar-refractivity contribution in [2.45, 2.75) is 30.7 Å². The second-order valence-electron chi connectivity index (χ2n) is 4.90. The number of hydrogen-bond donors (Lipinski definition) is 1. The second-order valence-corrected chi connectivity index (χ2v) is 6.84. The summed E-state index contributed by atoms with van der Waals surface area (Å²) in [6.07, 6.45) is 1.90. The van der Waals surface area contributed by atoms with Gasteiger partial charge in [-0.05, 0) is 38.9 Å². The number of piperidine rings is 1. The van der Waals surface area contributed by atoms with Crippen LogP contribution in [0.3, 0.4) is 0 Å². The summed E-state index contributed by atoms with van der Waals surface area (Å²) in [4.78, 5) is 0.306. The Bertz CT molecular complexity index is 551. The van der Waals surface area contributed by atoms with Crippen LogP contribution in [0.15, 0.2) is 29.2 Å². The monoisotopic (exact) mass is 334 g/mol. The summed E-state index contributed by atoms with van der Waals surface area (Å²) >= 11 is 0. The molecule has 0 aliphatic carbocycles. The number of hydrogen-bond acceptors (Lipinski definition) is 4. The largest absolute Gasteiger partial charge is 0.494 e. The lowest BCUT2D eigenvalue weighted by molar-refractivity contribution is 0.292. The lowest BCUT2D eigenvalue weighted by Crippen LogP contribution is -2.46. The second kappa shape index (κ2) is 7.98. The highest BCUT2D eigenvalue weighted by Gasteiger charge is 2.29. The molecule has 0 spiro atoms. The Kier molecular flexibility index (Phi) is 6.93. The minimum absolute atomic E-state index is 0. The van der Waals surface area contributed by atoms with Crippen LogP contribution in [0, 0.1) is 0 Å². The Morgan fingerprint density at radius 3 is 2.86 bits per heavy atom. The first-order valence-corrected chi connectivity index (χ1v) is 8.42. The van der Waals surface area contributed by atoms with E-state index in [4.69, 9.17) is 4.74 Å². The molecule has 0 radical (unpaired) electrons. The van der Waals surface area contributed by atoms with Gasteiger partial charge in [-0.15, -0.1) is 12.4 Å². The molecule has 1 aromatic rings. The number of benzene rings is 1. The average molecular weight is 335 g/mol. The average Bonchev–Trinajstić information content (AvgIpc) is 2.48. The molecule has 0 saturated carbocycles. The first-order chi connectivity index (χ1) is 9.57. The Morgan fingerprint density at radius 1 is 1.43 bits per heavy atom. The quantitative estimate of drug-likeness (QED) is 0.893. The van der Waals surface area contributed by atoms with E-state index in [0.29, 0.717) is 30.3 Å². The van der Waals surface area contributed by atoms with Crippen LogP contribution >= 0.6 is 12.4 Å². The summed E-state index contributed by atoms with van der Waals surface area (Å²) < 4.78 is 32.2. The van der Waals surface area contributed by atoms with Crippen LogP contribution in [-0.4, -0.2) is 45.5 Å². The van der Waals surface area contributed by atoms with Crippen molar-refractivity contribution >= 4 is 22.4 Å². The minimum atomic E-state index is -3.43. The first kappa shape index (κ1) is 18.2. The van der Waals surface area contributed by atoms with E-state index in [1.807, 2.05) is 14.0 Å². The Balaban J connectivity index is 0.00000220. The highest BCUT2D eigenvalue weighted by atomic mass is 35.5. The highest BCUT2D eigenvalue weighted by Crippen LogP contribution is 2.23. The van der Waals surface area contributed by atoms with Crippen LogP contribution < -0.4 is 10.1 Å². The van der Waals surface area contributed by atoms with Gasteiger partial charge in [0.2, 0.25) is 10.0 Å². The Labute approximate surface area is 133 Å².